The summed E-state index contributed by atoms with van der Waals surface area (Å²) in [5, 5.41) is 0. The third kappa shape index (κ3) is 1.61. The summed E-state index contributed by atoms with van der Waals surface area (Å²) in [5.41, 5.74) is 2.81. The molecule has 0 heterocycles. The van der Waals surface area contributed by atoms with Crippen molar-refractivity contribution in [3.63, 3.8) is 0 Å². The van der Waals surface area contributed by atoms with Crippen LogP contribution in [0.25, 0.3) is 0 Å². The molecule has 1 fully saturated rings. The highest BCUT2D eigenvalue weighted by molar-refractivity contribution is 5.42. The highest BCUT2D eigenvalue weighted by Gasteiger charge is 2.43. The smallest absolute Gasteiger partial charge is 0.205 e. The van der Waals surface area contributed by atoms with Crippen molar-refractivity contribution in [1.29, 1.82) is 0 Å². The van der Waals surface area contributed by atoms with Gasteiger partial charge in [0.2, 0.25) is 0 Å². The predicted octanol–water partition coefficient (Wildman–Crippen LogP) is 4.84. The van der Waals surface area contributed by atoms with Crippen LogP contribution in [0.1, 0.15) is 61.6 Å². The van der Waals surface area contributed by atoms with Crippen molar-refractivity contribution in [3.05, 3.63) is 34.9 Å². The predicted molar refractivity (Wildman–Crippen MR) is 64.4 cm³/mol. The monoisotopic (exact) mass is 236 g/mol. The fraction of sp³-hybridized carbons (Fsp3) is 0.600. The molecule has 0 radical (unpaired) electrons. The molecular weight excluding hydrogens is 218 g/mol. The molecular formula is C15H18F2. The van der Waals surface area contributed by atoms with Crippen LogP contribution in [0.3, 0.4) is 0 Å². The van der Waals surface area contributed by atoms with E-state index in [1.54, 1.807) is 6.07 Å². The second kappa shape index (κ2) is 3.79. The summed E-state index contributed by atoms with van der Waals surface area (Å²) in [4.78, 5) is 0. The van der Waals surface area contributed by atoms with Crippen molar-refractivity contribution in [3.8, 4) is 0 Å². The minimum atomic E-state index is -2.32. The van der Waals surface area contributed by atoms with Gasteiger partial charge in [-0.25, -0.2) is 8.78 Å². The SMILES string of the molecule is C[C@]12CCC[C@H]1c1cccc(C(F)F)c1CC2. The fourth-order valence-corrected chi connectivity index (χ4v) is 3.92. The number of hydrogen-bond donors (Lipinski definition) is 0. The number of fused-ring (bicyclic) bond motifs is 3. The van der Waals surface area contributed by atoms with Crippen molar-refractivity contribution in [2.45, 2.75) is 51.4 Å². The molecule has 92 valence electrons. The molecule has 1 saturated carbocycles. The summed E-state index contributed by atoms with van der Waals surface area (Å²) < 4.78 is 26.0. The Morgan fingerprint density at radius 2 is 2.12 bits per heavy atom. The summed E-state index contributed by atoms with van der Waals surface area (Å²) in [6, 6.07) is 5.49. The van der Waals surface area contributed by atoms with E-state index in [2.05, 4.69) is 13.0 Å². The molecule has 17 heavy (non-hydrogen) atoms. The van der Waals surface area contributed by atoms with Gasteiger partial charge >= 0.3 is 0 Å². The van der Waals surface area contributed by atoms with E-state index in [4.69, 9.17) is 0 Å². The fourth-order valence-electron chi connectivity index (χ4n) is 3.92. The van der Waals surface area contributed by atoms with Crippen LogP contribution in [0, 0.1) is 5.41 Å². The van der Waals surface area contributed by atoms with Gasteiger partial charge in [0.05, 0.1) is 0 Å². The Morgan fingerprint density at radius 3 is 2.88 bits per heavy atom. The Morgan fingerprint density at radius 1 is 1.29 bits per heavy atom. The molecule has 0 aromatic heterocycles. The summed E-state index contributed by atoms with van der Waals surface area (Å²) in [7, 11) is 0. The van der Waals surface area contributed by atoms with Crippen LogP contribution < -0.4 is 0 Å². The molecule has 0 spiro atoms. The first kappa shape index (κ1) is 11.2. The Bertz CT molecular complexity index is 439. The van der Waals surface area contributed by atoms with Gasteiger partial charge in [-0.1, -0.05) is 31.5 Å². The summed E-state index contributed by atoms with van der Waals surface area (Å²) in [5.74, 6) is 0.518. The minimum Gasteiger partial charge on any atom is -0.205 e. The molecule has 0 bridgehead atoms. The standard InChI is InChI=1S/C15H18F2/c1-15-8-3-6-13(15)11-4-2-5-12(14(16)17)10(11)7-9-15/h2,4-5,13-14H,3,6-9H2,1H3/t13-,15+/m0/s1. The molecule has 3 rings (SSSR count). The lowest BCUT2D eigenvalue weighted by molar-refractivity contribution is 0.148. The molecule has 0 unspecified atom stereocenters. The van der Waals surface area contributed by atoms with Crippen molar-refractivity contribution in [1.82, 2.24) is 0 Å². The molecule has 2 atom stereocenters. The van der Waals surface area contributed by atoms with Crippen molar-refractivity contribution < 1.29 is 8.78 Å². The van der Waals surface area contributed by atoms with Crippen LogP contribution >= 0.6 is 0 Å². The van der Waals surface area contributed by atoms with Gasteiger partial charge in [0.15, 0.2) is 0 Å². The lowest BCUT2D eigenvalue weighted by atomic mass is 9.66. The summed E-state index contributed by atoms with van der Waals surface area (Å²) >= 11 is 0. The van der Waals surface area contributed by atoms with E-state index in [1.807, 2.05) is 6.07 Å². The second-order valence-electron chi connectivity index (χ2n) is 5.81. The highest BCUT2D eigenvalue weighted by Crippen LogP contribution is 2.56. The third-order valence-electron chi connectivity index (χ3n) is 4.89. The van der Waals surface area contributed by atoms with E-state index in [0.717, 1.165) is 18.4 Å². The molecule has 0 saturated heterocycles. The third-order valence-corrected chi connectivity index (χ3v) is 4.89. The Hall–Kier alpha value is -0.920. The van der Waals surface area contributed by atoms with Gasteiger partial charge in [0.1, 0.15) is 0 Å². The number of alkyl halides is 2. The maximum absolute atomic E-state index is 13.0. The van der Waals surface area contributed by atoms with Gasteiger partial charge in [-0.2, -0.15) is 0 Å². The van der Waals surface area contributed by atoms with E-state index in [-0.39, 0.29) is 5.56 Å². The summed E-state index contributed by atoms with van der Waals surface area (Å²) in [6.45, 7) is 2.34. The first-order chi connectivity index (χ1) is 8.12. The van der Waals surface area contributed by atoms with Crippen LogP contribution in [0.15, 0.2) is 18.2 Å². The maximum Gasteiger partial charge on any atom is 0.264 e. The van der Waals surface area contributed by atoms with E-state index >= 15 is 0 Å². The average Bonchev–Trinajstić information content (AvgIpc) is 2.70. The highest BCUT2D eigenvalue weighted by atomic mass is 19.3. The first-order valence-corrected chi connectivity index (χ1v) is 6.52. The zero-order chi connectivity index (χ0) is 12.0. The maximum atomic E-state index is 13.0. The lowest BCUT2D eigenvalue weighted by Gasteiger charge is -2.38. The van der Waals surface area contributed by atoms with Crippen LogP contribution in [-0.2, 0) is 6.42 Å². The van der Waals surface area contributed by atoms with Gasteiger partial charge < -0.3 is 0 Å². The average molecular weight is 236 g/mol. The van der Waals surface area contributed by atoms with Gasteiger partial charge in [-0.15, -0.1) is 0 Å². The number of benzene rings is 1. The van der Waals surface area contributed by atoms with Crippen LogP contribution in [0.2, 0.25) is 0 Å². The number of halogens is 2. The van der Waals surface area contributed by atoms with Crippen molar-refractivity contribution in [2.24, 2.45) is 5.41 Å². The van der Waals surface area contributed by atoms with Crippen LogP contribution in [-0.4, -0.2) is 0 Å². The molecule has 0 N–H and O–H groups in total. The Balaban J connectivity index is 2.10. The normalized spacial score (nSPS) is 31.4. The summed E-state index contributed by atoms with van der Waals surface area (Å²) in [6.07, 6.45) is 3.28. The zero-order valence-electron chi connectivity index (χ0n) is 10.2. The molecule has 2 aliphatic rings. The van der Waals surface area contributed by atoms with Gasteiger partial charge in [-0.3, -0.25) is 0 Å². The Kier molecular flexibility index (Phi) is 2.49. The van der Waals surface area contributed by atoms with E-state index < -0.39 is 6.43 Å². The van der Waals surface area contributed by atoms with Crippen LogP contribution in [0.4, 0.5) is 8.78 Å². The van der Waals surface area contributed by atoms with Crippen molar-refractivity contribution in [2.75, 3.05) is 0 Å². The van der Waals surface area contributed by atoms with E-state index in [1.165, 1.54) is 24.8 Å². The van der Waals surface area contributed by atoms with Gasteiger partial charge in [0.25, 0.3) is 6.43 Å². The second-order valence-corrected chi connectivity index (χ2v) is 5.81. The molecule has 2 aliphatic carbocycles. The molecule has 0 nitrogen and oxygen atoms in total. The van der Waals surface area contributed by atoms with E-state index in [0.29, 0.717) is 11.3 Å². The Labute approximate surface area is 101 Å². The molecule has 1 aromatic rings. The molecule has 1 aromatic carbocycles. The molecule has 2 heteroatoms. The van der Waals surface area contributed by atoms with Crippen molar-refractivity contribution >= 4 is 0 Å². The first-order valence-electron chi connectivity index (χ1n) is 6.52. The van der Waals surface area contributed by atoms with Gasteiger partial charge in [0, 0.05) is 5.56 Å². The van der Waals surface area contributed by atoms with E-state index in [9.17, 15) is 8.78 Å². The van der Waals surface area contributed by atoms with Gasteiger partial charge in [-0.05, 0) is 48.1 Å². The number of hydrogen-bond acceptors (Lipinski definition) is 0. The minimum absolute atomic E-state index is 0.274. The molecule has 0 amide bonds. The zero-order valence-corrected chi connectivity index (χ0v) is 10.2. The van der Waals surface area contributed by atoms with Crippen LogP contribution in [0.5, 0.6) is 0 Å². The largest absolute Gasteiger partial charge is 0.264 e. The molecule has 0 aliphatic heterocycles. The lowest BCUT2D eigenvalue weighted by Crippen LogP contribution is -2.27. The quantitative estimate of drug-likeness (QED) is 0.654. The topological polar surface area (TPSA) is 0 Å². The number of rotatable bonds is 1.